The van der Waals surface area contributed by atoms with Crippen molar-refractivity contribution in [2.24, 2.45) is 11.8 Å². The zero-order valence-electron chi connectivity index (χ0n) is 56.5. The van der Waals surface area contributed by atoms with Gasteiger partial charge in [-0.1, -0.05) is 208 Å². The standard InChI is InChI=1S/C36H53NO5.C21H25NO3.C17H33ClO2.C2H6.CH4/c1-3-4-5-6-7-8-9-10-11-12-13-14-23-40-34(38)41-29-18-17-28-24-30-36(39)20-19-26(2)33-35(36,31(28)32(29)42-33)21-22-37(30)25-27-15-16-27;1-12-6-7-21(24)16-10-14-4-5-15(23)18-17(14)20(21,19(12)25-18)8-9-22(16)11-13-2-3-13;1-2-3-4-5-6-7-8-9-10-11-12-13-14-15-20-16-17(18)19;1-2;/h17-18,27,30,33,39H,2-16,19-25H2,1H3;4-5,13,16,19,23-24H,1-3,6-11H2;2-16H2,1H3;1-2H3;1H4/t30?,33-,35-,36+;16?,19-,20-,21+;;;/m00.../s1/i;;;1D;. The molecule has 4 aliphatic heterocycles. The van der Waals surface area contributed by atoms with Crippen molar-refractivity contribution >= 4 is 23.0 Å². The van der Waals surface area contributed by atoms with Gasteiger partial charge in [-0.2, -0.15) is 0 Å². The smallest absolute Gasteiger partial charge is 0.504 e. The van der Waals surface area contributed by atoms with Crippen molar-refractivity contribution < 1.29 is 50.0 Å². The van der Waals surface area contributed by atoms with Crippen LogP contribution < -0.4 is 14.2 Å². The second-order valence-electron chi connectivity index (χ2n) is 28.5. The van der Waals surface area contributed by atoms with E-state index in [2.05, 4.69) is 42.9 Å². The van der Waals surface area contributed by atoms with E-state index in [1.807, 2.05) is 12.1 Å². The number of carbonyl (C=O) groups is 2. The van der Waals surface area contributed by atoms with Gasteiger partial charge in [0.2, 0.25) is 5.24 Å². The number of piperidine rings is 2. The molecule has 6 fully saturated rings. The molecule has 0 radical (unpaired) electrons. The molecule has 12 nitrogen and oxygen atoms in total. The zero-order valence-corrected chi connectivity index (χ0v) is 56.2. The number of hydrogen-bond donors (Lipinski definition) is 3. The van der Waals surface area contributed by atoms with Crippen LogP contribution >= 0.6 is 11.6 Å². The maximum atomic E-state index is 12.7. The predicted molar refractivity (Wildman–Crippen MR) is 365 cm³/mol. The number of phenols is 1. The molecule has 2 aromatic carbocycles. The van der Waals surface area contributed by atoms with Crippen LogP contribution in [-0.2, 0) is 37.9 Å². The Balaban J connectivity index is 0.000000186. The van der Waals surface area contributed by atoms with Gasteiger partial charge in [0.25, 0.3) is 0 Å². The Hall–Kier alpha value is -3.65. The van der Waals surface area contributed by atoms with Crippen LogP contribution in [0.4, 0.5) is 4.79 Å². The Labute approximate surface area is 550 Å². The summed E-state index contributed by atoms with van der Waals surface area (Å²) in [6.07, 6.45) is 43.3. The van der Waals surface area contributed by atoms with Gasteiger partial charge in [-0.3, -0.25) is 14.6 Å². The van der Waals surface area contributed by atoms with Gasteiger partial charge in [-0.25, -0.2) is 4.79 Å². The number of ether oxygens (including phenoxy) is 5. The minimum atomic E-state index is -0.863. The number of carbonyl (C=O) groups excluding carboxylic acids is 2. The Morgan fingerprint density at radius 2 is 1.01 bits per heavy atom. The highest BCUT2D eigenvalue weighted by atomic mass is 35.5. The Kier molecular flexibility index (Phi) is 26.8. The lowest BCUT2D eigenvalue weighted by molar-refractivity contribution is -0.174. The first-order chi connectivity index (χ1) is 43.7. The lowest BCUT2D eigenvalue weighted by atomic mass is 9.48. The first-order valence-electron chi connectivity index (χ1n) is 36.9. The van der Waals surface area contributed by atoms with E-state index in [1.165, 1.54) is 178 Å². The van der Waals surface area contributed by atoms with Gasteiger partial charge in [-0.15, -0.1) is 0 Å². The summed E-state index contributed by atoms with van der Waals surface area (Å²) in [5.74, 6) is 3.45. The number of unbranched alkanes of at least 4 members (excludes halogenated alkanes) is 23. The molecule has 3 N–H and O–H groups in total. The summed E-state index contributed by atoms with van der Waals surface area (Å²) < 4.78 is 35.5. The van der Waals surface area contributed by atoms with Gasteiger partial charge in [0.15, 0.2) is 23.0 Å². The summed E-state index contributed by atoms with van der Waals surface area (Å²) in [4.78, 5) is 28.2. The normalized spacial score (nSPS) is 27.8. The summed E-state index contributed by atoms with van der Waals surface area (Å²) in [5.41, 5.74) is 4.14. The van der Waals surface area contributed by atoms with Crippen LogP contribution in [0.15, 0.2) is 48.6 Å². The van der Waals surface area contributed by atoms with Crippen LogP contribution in [0.5, 0.6) is 23.0 Å². The van der Waals surface area contributed by atoms with Crippen molar-refractivity contribution in [3.05, 3.63) is 70.8 Å². The lowest BCUT2D eigenvalue weighted by Gasteiger charge is -2.63. The highest BCUT2D eigenvalue weighted by Gasteiger charge is 2.73. The van der Waals surface area contributed by atoms with E-state index >= 15 is 0 Å². The number of hydrogen-bond acceptors (Lipinski definition) is 12. The summed E-state index contributed by atoms with van der Waals surface area (Å²) in [6.45, 7) is 20.8. The molecule has 10 aliphatic rings. The molecule has 2 unspecified atom stereocenters. The van der Waals surface area contributed by atoms with Gasteiger partial charge in [0.05, 0.1) is 28.6 Å². The van der Waals surface area contributed by atoms with Crippen LogP contribution in [0.2, 0.25) is 0 Å². The fourth-order valence-corrected chi connectivity index (χ4v) is 17.5. The molecule has 4 heterocycles. The molecule has 506 valence electrons. The summed E-state index contributed by atoms with van der Waals surface area (Å²) in [6, 6.07) is 8.01. The molecule has 6 aliphatic carbocycles. The van der Waals surface area contributed by atoms with E-state index in [0.717, 1.165) is 124 Å². The largest absolute Gasteiger partial charge is 0.513 e. The van der Waals surface area contributed by atoms with Crippen LogP contribution in [0, 0.1) is 11.8 Å². The third kappa shape index (κ3) is 16.2. The first-order valence-corrected chi connectivity index (χ1v) is 36.6. The molecular weight excluding hydrogens is 1150 g/mol. The molecule has 8 atom stereocenters. The van der Waals surface area contributed by atoms with E-state index < -0.39 is 33.4 Å². The quantitative estimate of drug-likeness (QED) is 0.0201. The van der Waals surface area contributed by atoms with Gasteiger partial charge in [0.1, 0.15) is 18.8 Å². The van der Waals surface area contributed by atoms with Crippen molar-refractivity contribution in [2.75, 3.05) is 46.0 Å². The average Bonchev–Trinajstić information content (AvgIpc) is 1.61. The average molecular weight is 1270 g/mol. The van der Waals surface area contributed by atoms with Crippen molar-refractivity contribution in [3.63, 3.8) is 0 Å². The molecule has 4 bridgehead atoms. The molecule has 0 amide bonds. The summed E-state index contributed by atoms with van der Waals surface area (Å²) in [7, 11) is 0. The molecular formula is C77H121ClN2O10. The van der Waals surface area contributed by atoms with Crippen LogP contribution in [0.1, 0.15) is 283 Å². The van der Waals surface area contributed by atoms with Gasteiger partial charge < -0.3 is 39.0 Å². The fraction of sp³-hybridized carbons (Fsp3) is 0.766. The minimum absolute atomic E-state index is 0. The highest BCUT2D eigenvalue weighted by molar-refractivity contribution is 6.63. The SMILES string of the molecule is C.C=C1CC[C@@]2(O)C3Cc4ccc(O)c5c4[C@@]2(CCN3CC2CC2)[C@H]1O5.C=C1CC[C@@]2(O)C3Cc4ccc(OC(=O)OCCCCCCCCCCCCCC)c5c4[C@@]2(CCN3CC2CC2)[C@H]1O5.CCCCCCCCCCCCCCCOCC(=O)Cl.[2H]CC. The number of benzene rings is 2. The van der Waals surface area contributed by atoms with E-state index in [4.69, 9.17) is 36.7 Å². The molecule has 12 rings (SSSR count). The van der Waals surface area contributed by atoms with Crippen molar-refractivity contribution in [1.82, 2.24) is 9.80 Å². The molecule has 2 aromatic rings. The number of rotatable bonds is 34. The Morgan fingerprint density at radius 3 is 1.44 bits per heavy atom. The minimum Gasteiger partial charge on any atom is -0.504 e. The van der Waals surface area contributed by atoms with Gasteiger partial charge in [-0.05, 0) is 161 Å². The van der Waals surface area contributed by atoms with E-state index in [1.54, 1.807) is 13.0 Å². The van der Waals surface area contributed by atoms with Crippen LogP contribution in [0.3, 0.4) is 0 Å². The topological polar surface area (TPSA) is 147 Å². The molecule has 0 aromatic heterocycles. The molecule has 4 saturated carbocycles. The zero-order chi connectivity index (χ0) is 63.7. The van der Waals surface area contributed by atoms with Crippen LogP contribution in [0.25, 0.3) is 0 Å². The third-order valence-electron chi connectivity index (χ3n) is 22.4. The summed E-state index contributed by atoms with van der Waals surface area (Å²) in [5, 5.41) is 34.6. The summed E-state index contributed by atoms with van der Waals surface area (Å²) >= 11 is 5.17. The number of phenolic OH excluding ortho intramolecular Hbond substituents is 1. The van der Waals surface area contributed by atoms with E-state index in [-0.39, 0.29) is 44.1 Å². The molecule has 2 spiro atoms. The van der Waals surface area contributed by atoms with Crippen molar-refractivity contribution in [3.8, 4) is 23.0 Å². The number of likely N-dealkylation sites (tertiary alicyclic amines) is 2. The molecule has 13 heteroatoms. The van der Waals surface area contributed by atoms with Gasteiger partial charge >= 0.3 is 6.16 Å². The van der Waals surface area contributed by atoms with E-state index in [9.17, 15) is 24.9 Å². The van der Waals surface area contributed by atoms with Crippen molar-refractivity contribution in [1.29, 1.82) is 0 Å². The number of nitrogens with zero attached hydrogens (tertiary/aromatic N) is 2. The lowest BCUT2D eigenvalue weighted by Crippen LogP contribution is -2.75. The maximum absolute atomic E-state index is 12.7. The number of aromatic hydroxyl groups is 1. The fourth-order valence-electron chi connectivity index (χ4n) is 17.4. The van der Waals surface area contributed by atoms with Crippen molar-refractivity contribution in [2.45, 2.75) is 319 Å². The Bertz CT molecular complexity index is 2660. The second-order valence-corrected chi connectivity index (χ2v) is 29.0. The predicted octanol–water partition coefficient (Wildman–Crippen LogP) is 18.1. The maximum Gasteiger partial charge on any atom is 0.513 e. The third-order valence-corrected chi connectivity index (χ3v) is 22.5. The molecule has 2 saturated heterocycles. The van der Waals surface area contributed by atoms with Gasteiger partial charge in [0, 0.05) is 44.3 Å². The van der Waals surface area contributed by atoms with Crippen LogP contribution in [-0.4, -0.2) is 118 Å². The second kappa shape index (κ2) is 34.1. The monoisotopic (exact) mass is 1270 g/mol. The first kappa shape index (κ1) is 70.7. The highest BCUT2D eigenvalue weighted by Crippen LogP contribution is 2.68. The molecule has 90 heavy (non-hydrogen) atoms. The van der Waals surface area contributed by atoms with E-state index in [0.29, 0.717) is 43.8 Å². The number of aliphatic hydroxyl groups is 2. The Morgan fingerprint density at radius 1 is 0.611 bits per heavy atom. The number of halogens is 1.